The summed E-state index contributed by atoms with van der Waals surface area (Å²) in [5.74, 6) is 0.891. The second-order valence-electron chi connectivity index (χ2n) is 6.64. The number of nitrogens with zero attached hydrogens (tertiary/aromatic N) is 1. The zero-order valence-electron chi connectivity index (χ0n) is 13.2. The van der Waals surface area contributed by atoms with Gasteiger partial charge in [0.05, 0.1) is 17.8 Å². The molecule has 5 nitrogen and oxygen atoms in total. The molecule has 0 aliphatic heterocycles. The number of carbonyl (C=O) groups excluding carboxylic acids is 1. The van der Waals surface area contributed by atoms with Gasteiger partial charge in [-0.25, -0.2) is 4.98 Å². The Labute approximate surface area is 135 Å². The van der Waals surface area contributed by atoms with Crippen molar-refractivity contribution in [2.45, 2.75) is 44.8 Å². The number of aryl methyl sites for hydroxylation is 2. The number of benzene rings is 1. The monoisotopic (exact) mass is 311 g/mol. The third kappa shape index (κ3) is 2.55. The van der Waals surface area contributed by atoms with E-state index in [-0.39, 0.29) is 17.9 Å². The molecule has 0 radical (unpaired) electrons. The minimum Gasteiger partial charge on any atom is -0.390 e. The summed E-state index contributed by atoms with van der Waals surface area (Å²) in [6.07, 6.45) is 2.42. The summed E-state index contributed by atoms with van der Waals surface area (Å²) in [6, 6.07) is 7.65. The van der Waals surface area contributed by atoms with Crippen molar-refractivity contribution in [3.8, 4) is 0 Å². The minimum absolute atomic E-state index is 0.0312. The number of imidazole rings is 1. The molecular weight excluding hydrogens is 290 g/mol. The molecule has 5 heteroatoms. The topological polar surface area (TPSA) is 78.0 Å². The average Bonchev–Trinajstić information content (AvgIpc) is 3.06. The fourth-order valence-electron chi connectivity index (χ4n) is 3.87. The lowest BCUT2D eigenvalue weighted by Gasteiger charge is -2.24. The van der Waals surface area contributed by atoms with Crippen LogP contribution in [0.5, 0.6) is 0 Å². The summed E-state index contributed by atoms with van der Waals surface area (Å²) in [5.41, 5.74) is 4.35. The van der Waals surface area contributed by atoms with Crippen molar-refractivity contribution in [1.29, 1.82) is 0 Å². The van der Waals surface area contributed by atoms with Gasteiger partial charge in [-0.2, -0.15) is 0 Å². The number of fused-ring (bicyclic) bond motifs is 2. The van der Waals surface area contributed by atoms with Crippen molar-refractivity contribution in [1.82, 2.24) is 15.3 Å². The van der Waals surface area contributed by atoms with E-state index in [1.54, 1.807) is 0 Å². The van der Waals surface area contributed by atoms with Crippen molar-refractivity contribution in [2.24, 2.45) is 5.92 Å². The van der Waals surface area contributed by atoms with Gasteiger partial charge in [0.1, 0.15) is 5.82 Å². The third-order valence-corrected chi connectivity index (χ3v) is 5.04. The second-order valence-corrected chi connectivity index (χ2v) is 6.64. The molecule has 120 valence electrons. The van der Waals surface area contributed by atoms with E-state index < -0.39 is 6.10 Å². The van der Waals surface area contributed by atoms with Crippen molar-refractivity contribution in [2.75, 3.05) is 0 Å². The van der Waals surface area contributed by atoms with Gasteiger partial charge in [0.2, 0.25) is 5.91 Å². The van der Waals surface area contributed by atoms with Crippen LogP contribution in [0.2, 0.25) is 0 Å². The lowest BCUT2D eigenvalue weighted by molar-refractivity contribution is -0.126. The Bertz CT molecular complexity index is 752. The van der Waals surface area contributed by atoms with E-state index in [4.69, 9.17) is 0 Å². The van der Waals surface area contributed by atoms with Gasteiger partial charge < -0.3 is 15.4 Å². The summed E-state index contributed by atoms with van der Waals surface area (Å²) in [5, 5.41) is 13.4. The molecule has 0 saturated carbocycles. The first-order chi connectivity index (χ1) is 11.1. The zero-order chi connectivity index (χ0) is 16.0. The Hall–Kier alpha value is -2.14. The predicted octanol–water partition coefficient (Wildman–Crippen LogP) is 1.60. The van der Waals surface area contributed by atoms with Crippen LogP contribution in [0.1, 0.15) is 40.8 Å². The Morgan fingerprint density at radius 3 is 3.04 bits per heavy atom. The van der Waals surface area contributed by atoms with Gasteiger partial charge in [-0.05, 0) is 30.9 Å². The standard InChI is InChI=1S/C18H21N3O2/c1-10-19-14-7-6-12(8-15(14)20-10)18(23)21-17-13-5-3-2-4-11(13)9-16(17)22/h2-5,12,16-17,22H,6-9H2,1H3,(H,19,20)(H,21,23)/t12-,16+,17-/m1/s1. The van der Waals surface area contributed by atoms with E-state index in [9.17, 15) is 9.90 Å². The highest BCUT2D eigenvalue weighted by Gasteiger charge is 2.34. The molecule has 0 bridgehead atoms. The van der Waals surface area contributed by atoms with Gasteiger partial charge in [-0.1, -0.05) is 24.3 Å². The number of rotatable bonds is 2. The zero-order valence-corrected chi connectivity index (χ0v) is 13.2. The Morgan fingerprint density at radius 2 is 2.17 bits per heavy atom. The number of aromatic nitrogens is 2. The maximum Gasteiger partial charge on any atom is 0.224 e. The summed E-state index contributed by atoms with van der Waals surface area (Å²) < 4.78 is 0. The fraction of sp³-hybridized carbons (Fsp3) is 0.444. The second kappa shape index (κ2) is 5.49. The molecule has 23 heavy (non-hydrogen) atoms. The third-order valence-electron chi connectivity index (χ3n) is 5.04. The first kappa shape index (κ1) is 14.5. The van der Waals surface area contributed by atoms with E-state index in [0.717, 1.165) is 41.2 Å². The number of hydrogen-bond donors (Lipinski definition) is 3. The minimum atomic E-state index is -0.537. The van der Waals surface area contributed by atoms with Crippen LogP contribution in [0, 0.1) is 12.8 Å². The van der Waals surface area contributed by atoms with Crippen LogP contribution in [-0.2, 0) is 24.1 Å². The van der Waals surface area contributed by atoms with E-state index >= 15 is 0 Å². The van der Waals surface area contributed by atoms with E-state index in [1.165, 1.54) is 0 Å². The first-order valence-electron chi connectivity index (χ1n) is 8.22. The quantitative estimate of drug-likeness (QED) is 0.788. The molecule has 1 amide bonds. The van der Waals surface area contributed by atoms with Crippen LogP contribution in [0.3, 0.4) is 0 Å². The number of H-pyrrole nitrogens is 1. The lowest BCUT2D eigenvalue weighted by atomic mass is 9.89. The average molecular weight is 311 g/mol. The molecule has 1 heterocycles. The molecule has 2 aliphatic rings. The van der Waals surface area contributed by atoms with Crippen LogP contribution in [-0.4, -0.2) is 27.1 Å². The normalized spacial score (nSPS) is 25.7. The molecule has 0 saturated heterocycles. The molecule has 3 N–H and O–H groups in total. The van der Waals surface area contributed by atoms with Crippen LogP contribution in [0.4, 0.5) is 0 Å². The summed E-state index contributed by atoms with van der Waals surface area (Å²) in [6.45, 7) is 1.94. The first-order valence-corrected chi connectivity index (χ1v) is 8.22. The van der Waals surface area contributed by atoms with Gasteiger partial charge >= 0.3 is 0 Å². The fourth-order valence-corrected chi connectivity index (χ4v) is 3.87. The van der Waals surface area contributed by atoms with Crippen LogP contribution in [0.15, 0.2) is 24.3 Å². The molecule has 1 aromatic heterocycles. The largest absolute Gasteiger partial charge is 0.390 e. The van der Waals surface area contributed by atoms with Crippen molar-refractivity contribution < 1.29 is 9.90 Å². The smallest absolute Gasteiger partial charge is 0.224 e. The summed E-state index contributed by atoms with van der Waals surface area (Å²) in [7, 11) is 0. The number of aliphatic hydroxyl groups is 1. The molecule has 0 fully saturated rings. The highest BCUT2D eigenvalue weighted by Crippen LogP contribution is 2.32. The molecule has 0 spiro atoms. The maximum atomic E-state index is 12.7. The van der Waals surface area contributed by atoms with Crippen molar-refractivity contribution in [3.05, 3.63) is 52.6 Å². The number of aromatic amines is 1. The van der Waals surface area contributed by atoms with E-state index in [2.05, 4.69) is 15.3 Å². The molecule has 0 unspecified atom stereocenters. The molecule has 4 rings (SSSR count). The van der Waals surface area contributed by atoms with Gasteiger partial charge in [0.25, 0.3) is 0 Å². The highest BCUT2D eigenvalue weighted by molar-refractivity contribution is 5.80. The Morgan fingerprint density at radius 1 is 1.35 bits per heavy atom. The van der Waals surface area contributed by atoms with Gasteiger partial charge in [-0.3, -0.25) is 4.79 Å². The number of amides is 1. The highest BCUT2D eigenvalue weighted by atomic mass is 16.3. The maximum absolute atomic E-state index is 12.7. The van der Waals surface area contributed by atoms with Crippen LogP contribution in [0.25, 0.3) is 0 Å². The van der Waals surface area contributed by atoms with Crippen LogP contribution >= 0.6 is 0 Å². The number of aliphatic hydroxyl groups excluding tert-OH is 1. The molecule has 1 aromatic carbocycles. The molecular formula is C18H21N3O2. The predicted molar refractivity (Wildman–Crippen MR) is 85.9 cm³/mol. The molecule has 2 aliphatic carbocycles. The van der Waals surface area contributed by atoms with Crippen LogP contribution < -0.4 is 5.32 Å². The Kier molecular flexibility index (Phi) is 3.45. The molecule has 3 atom stereocenters. The number of nitrogens with one attached hydrogen (secondary N) is 2. The molecule has 2 aromatic rings. The number of hydrogen-bond acceptors (Lipinski definition) is 3. The van der Waals surface area contributed by atoms with Crippen molar-refractivity contribution in [3.63, 3.8) is 0 Å². The van der Waals surface area contributed by atoms with E-state index in [1.807, 2.05) is 31.2 Å². The van der Waals surface area contributed by atoms with Crippen molar-refractivity contribution >= 4 is 5.91 Å². The number of carbonyl (C=O) groups is 1. The van der Waals surface area contributed by atoms with Gasteiger partial charge in [0, 0.05) is 24.5 Å². The van der Waals surface area contributed by atoms with Gasteiger partial charge in [-0.15, -0.1) is 0 Å². The summed E-state index contributed by atoms with van der Waals surface area (Å²) in [4.78, 5) is 20.4. The summed E-state index contributed by atoms with van der Waals surface area (Å²) >= 11 is 0. The van der Waals surface area contributed by atoms with E-state index in [0.29, 0.717) is 12.8 Å². The van der Waals surface area contributed by atoms with Gasteiger partial charge in [0.15, 0.2) is 0 Å². The Balaban J connectivity index is 1.49. The SMILES string of the molecule is Cc1nc2c([nH]1)C[C@H](C(=O)N[C@@H]1c3ccccc3C[C@@H]1O)CC2. The lowest BCUT2D eigenvalue weighted by Crippen LogP contribution is -2.39.